The summed E-state index contributed by atoms with van der Waals surface area (Å²) >= 11 is 0. The van der Waals surface area contributed by atoms with E-state index in [2.05, 4.69) is 20.3 Å². The third-order valence-corrected chi connectivity index (χ3v) is 4.35. The Morgan fingerprint density at radius 1 is 1.29 bits per heavy atom. The highest BCUT2D eigenvalue weighted by Gasteiger charge is 2.23. The number of pyridine rings is 1. The number of nitrogen functional groups attached to an aromatic ring is 1. The first-order valence-electron chi connectivity index (χ1n) is 7.97. The summed E-state index contributed by atoms with van der Waals surface area (Å²) in [6.45, 7) is 1.92. The van der Waals surface area contributed by atoms with Crippen LogP contribution in [-0.4, -0.2) is 44.9 Å². The molecule has 24 heavy (non-hydrogen) atoms. The first-order valence-corrected chi connectivity index (χ1v) is 7.97. The van der Waals surface area contributed by atoms with Gasteiger partial charge in [0.1, 0.15) is 17.8 Å². The van der Waals surface area contributed by atoms with E-state index < -0.39 is 0 Å². The molecule has 1 aliphatic heterocycles. The van der Waals surface area contributed by atoms with Crippen LogP contribution in [0.3, 0.4) is 0 Å². The summed E-state index contributed by atoms with van der Waals surface area (Å²) < 4.78 is 7.09. The Balaban J connectivity index is 1.87. The molecule has 8 nitrogen and oxygen atoms in total. The van der Waals surface area contributed by atoms with Gasteiger partial charge in [-0.3, -0.25) is 0 Å². The van der Waals surface area contributed by atoms with Gasteiger partial charge in [-0.1, -0.05) is 0 Å². The van der Waals surface area contributed by atoms with Crippen molar-refractivity contribution in [1.82, 2.24) is 30.0 Å². The zero-order chi connectivity index (χ0) is 16.5. The van der Waals surface area contributed by atoms with E-state index in [1.165, 1.54) is 6.33 Å². The van der Waals surface area contributed by atoms with Gasteiger partial charge >= 0.3 is 0 Å². The average Bonchev–Trinajstić information content (AvgIpc) is 3.04. The number of hydrogen-bond acceptors (Lipinski definition) is 7. The fourth-order valence-electron chi connectivity index (χ4n) is 3.14. The van der Waals surface area contributed by atoms with E-state index >= 15 is 0 Å². The molecule has 1 fully saturated rings. The number of piperidine rings is 1. The van der Waals surface area contributed by atoms with E-state index in [4.69, 9.17) is 15.6 Å². The molecule has 3 aromatic heterocycles. The summed E-state index contributed by atoms with van der Waals surface area (Å²) in [4.78, 5) is 12.8. The maximum Gasteiger partial charge on any atom is 0.212 e. The van der Waals surface area contributed by atoms with Gasteiger partial charge in [0.25, 0.3) is 0 Å². The highest BCUT2D eigenvalue weighted by Crippen LogP contribution is 2.32. The summed E-state index contributed by atoms with van der Waals surface area (Å²) in [6, 6.07) is 3.99. The van der Waals surface area contributed by atoms with E-state index in [1.54, 1.807) is 13.3 Å². The average molecular weight is 325 g/mol. The zero-order valence-corrected chi connectivity index (χ0v) is 13.4. The Morgan fingerprint density at radius 3 is 2.92 bits per heavy atom. The molecule has 0 aromatic carbocycles. The van der Waals surface area contributed by atoms with Crippen molar-refractivity contribution in [3.63, 3.8) is 0 Å². The third kappa shape index (κ3) is 2.44. The minimum atomic E-state index is 0.260. The van der Waals surface area contributed by atoms with Crippen LogP contribution in [0.1, 0.15) is 18.9 Å². The maximum absolute atomic E-state index is 6.13. The van der Waals surface area contributed by atoms with Gasteiger partial charge in [0.15, 0.2) is 5.65 Å². The number of ether oxygens (including phenoxy) is 1. The monoisotopic (exact) mass is 325 g/mol. The molecule has 0 bridgehead atoms. The van der Waals surface area contributed by atoms with Crippen molar-refractivity contribution in [1.29, 1.82) is 0 Å². The summed E-state index contributed by atoms with van der Waals surface area (Å²) in [5, 5.41) is 9.00. The number of rotatable bonds is 3. The number of nitrogens with zero attached hydrogens (tertiary/aromatic N) is 5. The molecule has 1 saturated heterocycles. The normalized spacial score (nSPS) is 18.0. The summed E-state index contributed by atoms with van der Waals surface area (Å²) in [6.07, 6.45) is 5.40. The topological polar surface area (TPSA) is 104 Å². The lowest BCUT2D eigenvalue weighted by Crippen LogP contribution is -2.32. The van der Waals surface area contributed by atoms with Gasteiger partial charge in [-0.05, 0) is 25.5 Å². The van der Waals surface area contributed by atoms with Crippen LogP contribution in [0, 0.1) is 0 Å². The molecule has 1 aliphatic rings. The number of aromatic nitrogens is 5. The van der Waals surface area contributed by atoms with Gasteiger partial charge in [-0.15, -0.1) is 0 Å². The van der Waals surface area contributed by atoms with Crippen LogP contribution >= 0.6 is 0 Å². The molecule has 0 spiro atoms. The van der Waals surface area contributed by atoms with Crippen molar-refractivity contribution in [2.45, 2.75) is 18.9 Å². The van der Waals surface area contributed by atoms with Crippen LogP contribution in [0.25, 0.3) is 22.3 Å². The van der Waals surface area contributed by atoms with Crippen LogP contribution in [0.5, 0.6) is 5.88 Å². The number of nitrogens with one attached hydrogen (secondary N) is 1. The minimum absolute atomic E-state index is 0.260. The van der Waals surface area contributed by atoms with Gasteiger partial charge in [-0.2, -0.15) is 5.10 Å². The number of fused-ring (bicyclic) bond motifs is 1. The SMILES string of the molecule is COc1ccc(-c2nn([C@@H]3CCCNC3)c3ncnc(N)c23)cn1. The first-order chi connectivity index (χ1) is 11.8. The van der Waals surface area contributed by atoms with Crippen molar-refractivity contribution < 1.29 is 4.74 Å². The Hall–Kier alpha value is -2.74. The highest BCUT2D eigenvalue weighted by molar-refractivity contribution is 5.98. The molecule has 4 rings (SSSR count). The number of methoxy groups -OCH3 is 1. The molecule has 0 saturated carbocycles. The standard InChI is InChI=1S/C16H19N7O/c1-24-12-5-4-10(7-19-12)14-13-15(17)20-9-21-16(13)23(22-14)11-3-2-6-18-8-11/h4-5,7,9,11,18H,2-3,6,8H2,1H3,(H2,17,20,21)/t11-/m1/s1. The molecule has 8 heteroatoms. The lowest BCUT2D eigenvalue weighted by molar-refractivity contribution is 0.354. The van der Waals surface area contributed by atoms with E-state index in [0.29, 0.717) is 11.7 Å². The van der Waals surface area contributed by atoms with E-state index in [0.717, 1.165) is 48.2 Å². The van der Waals surface area contributed by atoms with Crippen LogP contribution in [0.15, 0.2) is 24.7 Å². The Bertz CT molecular complexity index is 853. The molecule has 1 atom stereocenters. The quantitative estimate of drug-likeness (QED) is 0.750. The third-order valence-electron chi connectivity index (χ3n) is 4.35. The Labute approximate surface area is 139 Å². The molecule has 0 radical (unpaired) electrons. The molecular formula is C16H19N7O. The second-order valence-corrected chi connectivity index (χ2v) is 5.84. The number of anilines is 1. The fraction of sp³-hybridized carbons (Fsp3) is 0.375. The fourth-order valence-corrected chi connectivity index (χ4v) is 3.14. The lowest BCUT2D eigenvalue weighted by Gasteiger charge is -2.23. The summed E-state index contributed by atoms with van der Waals surface area (Å²) in [5.74, 6) is 0.990. The van der Waals surface area contributed by atoms with E-state index in [1.807, 2.05) is 16.8 Å². The van der Waals surface area contributed by atoms with Crippen LogP contribution in [-0.2, 0) is 0 Å². The molecule has 4 heterocycles. The Morgan fingerprint density at radius 2 is 2.21 bits per heavy atom. The molecule has 0 unspecified atom stereocenters. The van der Waals surface area contributed by atoms with Gasteiger partial charge in [0.2, 0.25) is 5.88 Å². The summed E-state index contributed by atoms with van der Waals surface area (Å²) in [5.41, 5.74) is 8.51. The predicted octanol–water partition coefficient (Wildman–Crippen LogP) is 1.40. The minimum Gasteiger partial charge on any atom is -0.481 e. The van der Waals surface area contributed by atoms with Gasteiger partial charge < -0.3 is 15.8 Å². The molecule has 124 valence electrons. The second kappa shape index (κ2) is 6.04. The molecule has 0 aliphatic carbocycles. The molecule has 0 amide bonds. The van der Waals surface area contributed by atoms with E-state index in [-0.39, 0.29) is 6.04 Å². The zero-order valence-electron chi connectivity index (χ0n) is 13.4. The van der Waals surface area contributed by atoms with Crippen molar-refractivity contribution >= 4 is 16.9 Å². The lowest BCUT2D eigenvalue weighted by atomic mass is 10.1. The second-order valence-electron chi connectivity index (χ2n) is 5.84. The van der Waals surface area contributed by atoms with Gasteiger partial charge in [0, 0.05) is 24.4 Å². The molecule has 3 N–H and O–H groups in total. The first kappa shape index (κ1) is 14.8. The van der Waals surface area contributed by atoms with Crippen LogP contribution in [0.4, 0.5) is 5.82 Å². The molecule has 3 aromatic rings. The number of nitrogens with two attached hydrogens (primary N) is 1. The van der Waals surface area contributed by atoms with Crippen molar-refractivity contribution in [3.8, 4) is 17.1 Å². The van der Waals surface area contributed by atoms with Crippen molar-refractivity contribution in [3.05, 3.63) is 24.7 Å². The number of hydrogen-bond donors (Lipinski definition) is 2. The smallest absolute Gasteiger partial charge is 0.212 e. The largest absolute Gasteiger partial charge is 0.481 e. The van der Waals surface area contributed by atoms with Gasteiger partial charge in [0.05, 0.1) is 18.5 Å². The van der Waals surface area contributed by atoms with E-state index in [9.17, 15) is 0 Å². The maximum atomic E-state index is 6.13. The summed E-state index contributed by atoms with van der Waals surface area (Å²) in [7, 11) is 1.59. The van der Waals surface area contributed by atoms with Crippen LogP contribution < -0.4 is 15.8 Å². The highest BCUT2D eigenvalue weighted by atomic mass is 16.5. The van der Waals surface area contributed by atoms with Crippen molar-refractivity contribution in [2.24, 2.45) is 0 Å². The molecular weight excluding hydrogens is 306 g/mol. The van der Waals surface area contributed by atoms with Gasteiger partial charge in [-0.25, -0.2) is 19.6 Å². The van der Waals surface area contributed by atoms with Crippen LogP contribution in [0.2, 0.25) is 0 Å². The Kier molecular flexibility index (Phi) is 3.73. The predicted molar refractivity (Wildman–Crippen MR) is 90.7 cm³/mol. The van der Waals surface area contributed by atoms with Crippen molar-refractivity contribution in [2.75, 3.05) is 25.9 Å².